The molecule has 0 saturated carbocycles. The molecule has 0 aliphatic carbocycles. The molecule has 9 nitrogen and oxygen atoms in total. The van der Waals surface area contributed by atoms with Crippen molar-refractivity contribution in [2.45, 2.75) is 5.03 Å². The molecule has 0 unspecified atom stereocenters. The average molecular weight is 285 g/mol. The highest BCUT2D eigenvalue weighted by molar-refractivity contribution is 7.92. The minimum atomic E-state index is -3.93. The molecule has 0 saturated heterocycles. The molecule has 2 rings (SSSR count). The Labute approximate surface area is 108 Å². The third kappa shape index (κ3) is 2.42. The summed E-state index contributed by atoms with van der Waals surface area (Å²) < 4.78 is 28.7. The van der Waals surface area contributed by atoms with Crippen LogP contribution in [0.15, 0.2) is 23.7 Å². The highest BCUT2D eigenvalue weighted by Gasteiger charge is 2.23. The molecule has 102 valence electrons. The Balaban J connectivity index is 2.39. The summed E-state index contributed by atoms with van der Waals surface area (Å²) >= 11 is 0. The standard InChI is InChI=1S/C9H11N5O4S/c1-13-4-7(10-5-13)19(17,18)12-6-3-11-14(2)8(6)9(15)16/h3-5,12H,1-2H3,(H,15,16). The quantitative estimate of drug-likeness (QED) is 0.792. The first-order valence-electron chi connectivity index (χ1n) is 5.07. The number of imidazole rings is 1. The van der Waals surface area contributed by atoms with Gasteiger partial charge in [0.05, 0.1) is 12.5 Å². The summed E-state index contributed by atoms with van der Waals surface area (Å²) in [6, 6.07) is 0. The fourth-order valence-electron chi connectivity index (χ4n) is 1.49. The molecule has 2 aromatic heterocycles. The Bertz CT molecular complexity index is 730. The number of anilines is 1. The Morgan fingerprint density at radius 1 is 1.42 bits per heavy atom. The predicted molar refractivity (Wildman–Crippen MR) is 64.2 cm³/mol. The van der Waals surface area contributed by atoms with Gasteiger partial charge < -0.3 is 9.67 Å². The van der Waals surface area contributed by atoms with Crippen molar-refractivity contribution in [1.29, 1.82) is 0 Å². The molecule has 0 atom stereocenters. The number of hydrogen-bond acceptors (Lipinski definition) is 5. The van der Waals surface area contributed by atoms with Gasteiger partial charge in [-0.3, -0.25) is 9.40 Å². The first kappa shape index (κ1) is 13.1. The van der Waals surface area contributed by atoms with Gasteiger partial charge >= 0.3 is 5.97 Å². The van der Waals surface area contributed by atoms with E-state index in [1.54, 1.807) is 7.05 Å². The van der Waals surface area contributed by atoms with Gasteiger partial charge in [0.15, 0.2) is 10.7 Å². The highest BCUT2D eigenvalue weighted by Crippen LogP contribution is 2.18. The first-order chi connectivity index (χ1) is 8.81. The van der Waals surface area contributed by atoms with E-state index < -0.39 is 16.0 Å². The van der Waals surface area contributed by atoms with Crippen molar-refractivity contribution in [3.05, 3.63) is 24.4 Å². The molecule has 19 heavy (non-hydrogen) atoms. The van der Waals surface area contributed by atoms with Crippen molar-refractivity contribution < 1.29 is 18.3 Å². The fourth-order valence-corrected chi connectivity index (χ4v) is 2.52. The van der Waals surface area contributed by atoms with E-state index in [4.69, 9.17) is 5.11 Å². The van der Waals surface area contributed by atoms with Crippen LogP contribution in [0.1, 0.15) is 10.5 Å². The lowest BCUT2D eigenvalue weighted by atomic mass is 10.4. The number of rotatable bonds is 4. The zero-order valence-electron chi connectivity index (χ0n) is 10.1. The Morgan fingerprint density at radius 2 is 2.11 bits per heavy atom. The number of carboxylic acids is 1. The van der Waals surface area contributed by atoms with Crippen LogP contribution < -0.4 is 4.72 Å². The van der Waals surface area contributed by atoms with Gasteiger partial charge in [0.25, 0.3) is 10.0 Å². The van der Waals surface area contributed by atoms with Crippen molar-refractivity contribution in [2.24, 2.45) is 14.1 Å². The largest absolute Gasteiger partial charge is 0.476 e. The van der Waals surface area contributed by atoms with Crippen LogP contribution in [-0.2, 0) is 24.1 Å². The van der Waals surface area contributed by atoms with E-state index in [0.29, 0.717) is 0 Å². The SMILES string of the molecule is Cn1cnc(S(=O)(=O)Nc2cnn(C)c2C(=O)O)c1. The van der Waals surface area contributed by atoms with Crippen LogP contribution in [0.4, 0.5) is 5.69 Å². The molecule has 0 amide bonds. The topological polar surface area (TPSA) is 119 Å². The Hall–Kier alpha value is -2.36. The second-order valence-electron chi connectivity index (χ2n) is 3.82. The van der Waals surface area contributed by atoms with Crippen LogP contribution in [0.5, 0.6) is 0 Å². The average Bonchev–Trinajstić information content (AvgIpc) is 2.85. The molecule has 0 fully saturated rings. The molecule has 0 aromatic carbocycles. The predicted octanol–water partition coefficient (Wildman–Crippen LogP) is -0.347. The van der Waals surface area contributed by atoms with Crippen LogP contribution in [0.2, 0.25) is 0 Å². The zero-order chi connectivity index (χ0) is 14.2. The lowest BCUT2D eigenvalue weighted by molar-refractivity contribution is 0.0686. The molecule has 0 radical (unpaired) electrons. The van der Waals surface area contributed by atoms with Gasteiger partial charge in [0.1, 0.15) is 5.69 Å². The summed E-state index contributed by atoms with van der Waals surface area (Å²) in [6.45, 7) is 0. The number of nitrogens with one attached hydrogen (secondary N) is 1. The lowest BCUT2D eigenvalue weighted by Crippen LogP contribution is -2.16. The molecular formula is C9H11N5O4S. The maximum Gasteiger partial charge on any atom is 0.356 e. The number of sulfonamides is 1. The first-order valence-corrected chi connectivity index (χ1v) is 6.55. The normalized spacial score (nSPS) is 11.5. The highest BCUT2D eigenvalue weighted by atomic mass is 32.2. The van der Waals surface area contributed by atoms with E-state index in [1.807, 2.05) is 0 Å². The van der Waals surface area contributed by atoms with Crippen molar-refractivity contribution in [3.8, 4) is 0 Å². The molecule has 2 aromatic rings. The van der Waals surface area contributed by atoms with Crippen LogP contribution in [0.25, 0.3) is 0 Å². The van der Waals surface area contributed by atoms with Crippen molar-refractivity contribution in [3.63, 3.8) is 0 Å². The van der Waals surface area contributed by atoms with E-state index in [0.717, 1.165) is 10.9 Å². The lowest BCUT2D eigenvalue weighted by Gasteiger charge is -2.04. The van der Waals surface area contributed by atoms with Crippen molar-refractivity contribution in [2.75, 3.05) is 4.72 Å². The van der Waals surface area contributed by atoms with Gasteiger partial charge in [0, 0.05) is 20.3 Å². The third-order valence-electron chi connectivity index (χ3n) is 2.34. The minimum Gasteiger partial charge on any atom is -0.476 e. The molecule has 0 aliphatic rings. The van der Waals surface area contributed by atoms with Gasteiger partial charge in [-0.15, -0.1) is 0 Å². The molecule has 10 heteroatoms. The summed E-state index contributed by atoms with van der Waals surface area (Å²) in [4.78, 5) is 14.7. The smallest absolute Gasteiger partial charge is 0.356 e. The number of aryl methyl sites for hydroxylation is 2. The Morgan fingerprint density at radius 3 is 2.63 bits per heavy atom. The number of carboxylic acid groups (broad SMARTS) is 1. The Kier molecular flexibility index (Phi) is 3.02. The van der Waals surface area contributed by atoms with Crippen LogP contribution in [-0.4, -0.2) is 38.8 Å². The van der Waals surface area contributed by atoms with E-state index in [2.05, 4.69) is 14.8 Å². The maximum absolute atomic E-state index is 12.0. The van der Waals surface area contributed by atoms with Crippen molar-refractivity contribution >= 4 is 21.7 Å². The summed E-state index contributed by atoms with van der Waals surface area (Å²) in [5.41, 5.74) is -0.361. The molecule has 2 N–H and O–H groups in total. The summed E-state index contributed by atoms with van der Waals surface area (Å²) in [5, 5.41) is 12.5. The monoisotopic (exact) mass is 285 g/mol. The van der Waals surface area contributed by atoms with Gasteiger partial charge in [-0.25, -0.2) is 9.78 Å². The van der Waals surface area contributed by atoms with Gasteiger partial charge in [-0.1, -0.05) is 0 Å². The molecule has 2 heterocycles. The van der Waals surface area contributed by atoms with Crippen LogP contribution >= 0.6 is 0 Å². The van der Waals surface area contributed by atoms with E-state index in [9.17, 15) is 13.2 Å². The third-order valence-corrected chi connectivity index (χ3v) is 3.59. The number of hydrogen-bond donors (Lipinski definition) is 2. The number of aromatic carboxylic acids is 1. The maximum atomic E-state index is 12.0. The number of aromatic nitrogens is 4. The number of nitrogens with zero attached hydrogens (tertiary/aromatic N) is 4. The number of carbonyl (C=O) groups is 1. The minimum absolute atomic E-state index is 0.111. The van der Waals surface area contributed by atoms with Gasteiger partial charge in [0.2, 0.25) is 0 Å². The molecule has 0 bridgehead atoms. The zero-order valence-corrected chi connectivity index (χ0v) is 10.9. The van der Waals surface area contributed by atoms with Gasteiger partial charge in [-0.2, -0.15) is 13.5 Å². The van der Waals surface area contributed by atoms with Crippen molar-refractivity contribution in [1.82, 2.24) is 19.3 Å². The second-order valence-corrected chi connectivity index (χ2v) is 5.45. The second kappa shape index (κ2) is 4.39. The molecule has 0 aliphatic heterocycles. The van der Waals surface area contributed by atoms with E-state index >= 15 is 0 Å². The van der Waals surface area contributed by atoms with E-state index in [-0.39, 0.29) is 16.4 Å². The van der Waals surface area contributed by atoms with E-state index in [1.165, 1.54) is 24.1 Å². The summed E-state index contributed by atoms with van der Waals surface area (Å²) in [6.07, 6.45) is 3.76. The summed E-state index contributed by atoms with van der Waals surface area (Å²) in [5.74, 6) is -1.28. The molecule has 0 spiro atoms. The van der Waals surface area contributed by atoms with Crippen LogP contribution in [0.3, 0.4) is 0 Å². The van der Waals surface area contributed by atoms with Gasteiger partial charge in [-0.05, 0) is 0 Å². The summed E-state index contributed by atoms with van der Waals surface area (Å²) in [7, 11) is -0.905. The molecular weight excluding hydrogens is 274 g/mol. The van der Waals surface area contributed by atoms with Crippen LogP contribution in [0, 0.1) is 0 Å². The fraction of sp³-hybridized carbons (Fsp3) is 0.222.